The van der Waals surface area contributed by atoms with Gasteiger partial charge in [0.05, 0.1) is 0 Å². The van der Waals surface area contributed by atoms with Crippen LogP contribution in [0.1, 0.15) is 31.8 Å². The van der Waals surface area contributed by atoms with Crippen molar-refractivity contribution in [3.05, 3.63) is 137 Å². The minimum Gasteiger partial charge on any atom is -0.410 e. The van der Waals surface area contributed by atoms with Crippen molar-refractivity contribution in [2.75, 3.05) is 0 Å². The van der Waals surface area contributed by atoms with E-state index in [2.05, 4.69) is 74.0 Å². The summed E-state index contributed by atoms with van der Waals surface area (Å²) >= 11 is 13.2. The van der Waals surface area contributed by atoms with Crippen LogP contribution in [0.4, 0.5) is 0 Å². The Morgan fingerprint density at radius 1 is 0.421 bits per heavy atom. The first-order chi connectivity index (χ1) is 18.2. The summed E-state index contributed by atoms with van der Waals surface area (Å²) in [6.07, 6.45) is 0. The summed E-state index contributed by atoms with van der Waals surface area (Å²) in [4.78, 5) is 23.9. The van der Waals surface area contributed by atoms with E-state index in [0.717, 1.165) is 17.9 Å². The summed E-state index contributed by atoms with van der Waals surface area (Å²) < 4.78 is 3.56. The van der Waals surface area contributed by atoms with Gasteiger partial charge in [0.15, 0.2) is 0 Å². The minimum absolute atomic E-state index is 0.197. The van der Waals surface area contributed by atoms with Gasteiger partial charge in [0.2, 0.25) is 11.6 Å². The highest BCUT2D eigenvalue weighted by molar-refractivity contribution is 9.11. The van der Waals surface area contributed by atoms with Gasteiger partial charge in [-0.1, -0.05) is 98.3 Å². The maximum Gasteiger partial charge on any atom is 0.233 e. The zero-order chi connectivity index (χ0) is 27.7. The molecule has 192 valence electrons. The molecule has 0 bridgehead atoms. The van der Waals surface area contributed by atoms with Crippen LogP contribution in [0, 0.1) is 0 Å². The van der Waals surface area contributed by atoms with Crippen LogP contribution >= 0.6 is 63.7 Å². The van der Waals surface area contributed by atoms with Gasteiger partial charge in [-0.15, -0.1) is 0 Å². The molecule has 0 atom stereocenters. The summed E-state index contributed by atoms with van der Waals surface area (Å²) in [6.45, 7) is 0. The molecule has 4 aromatic rings. The Labute approximate surface area is 252 Å². The van der Waals surface area contributed by atoms with E-state index in [9.17, 15) is 20.0 Å². The minimum atomic E-state index is -0.496. The van der Waals surface area contributed by atoms with Crippen molar-refractivity contribution in [1.82, 2.24) is 0 Å². The van der Waals surface area contributed by atoms with Gasteiger partial charge in [-0.25, -0.2) is 0 Å². The third-order valence-electron chi connectivity index (χ3n) is 5.08. The van der Waals surface area contributed by atoms with Crippen molar-refractivity contribution < 1.29 is 20.0 Å². The quantitative estimate of drug-likeness (QED) is 0.0676. The highest BCUT2D eigenvalue weighted by Gasteiger charge is 2.18. The molecule has 0 saturated heterocycles. The molecule has 4 aromatic carbocycles. The second-order valence-corrected chi connectivity index (χ2v) is 11.2. The fourth-order valence-corrected chi connectivity index (χ4v) is 4.22. The van der Waals surface area contributed by atoms with Crippen LogP contribution in [0.5, 0.6) is 0 Å². The van der Waals surface area contributed by atoms with Crippen LogP contribution in [0.25, 0.3) is 0 Å². The van der Waals surface area contributed by atoms with E-state index in [0.29, 0.717) is 22.3 Å². The molecule has 2 N–H and O–H groups in total. The lowest BCUT2D eigenvalue weighted by molar-refractivity contribution is 0.0817. The Balaban J connectivity index is 0.000000212. The first kappa shape index (κ1) is 29.6. The Morgan fingerprint density at radius 3 is 0.842 bits per heavy atom. The molecule has 6 nitrogen and oxygen atoms in total. The summed E-state index contributed by atoms with van der Waals surface area (Å²) in [5.74, 6) is -0.991. The number of rotatable bonds is 6. The molecule has 0 aliphatic rings. The number of Topliss-reactive ketones (excluding diaryl/α,β-unsaturated/α-hetero) is 2. The maximum absolute atomic E-state index is 12.0. The molecule has 0 fully saturated rings. The van der Waals surface area contributed by atoms with E-state index >= 15 is 0 Å². The molecule has 38 heavy (non-hydrogen) atoms. The monoisotopic (exact) mass is 762 g/mol. The molecule has 0 spiro atoms. The summed E-state index contributed by atoms with van der Waals surface area (Å²) in [5.41, 5.74) is 2.47. The fraction of sp³-hybridized carbons (Fsp3) is 0. The molecule has 0 amide bonds. The number of carbonyl (C=O) groups excluding carboxylic acids is 2. The van der Waals surface area contributed by atoms with E-state index in [1.165, 1.54) is 0 Å². The van der Waals surface area contributed by atoms with Gasteiger partial charge >= 0.3 is 0 Å². The lowest BCUT2D eigenvalue weighted by Crippen LogP contribution is -2.17. The third kappa shape index (κ3) is 8.04. The molecule has 0 radical (unpaired) electrons. The largest absolute Gasteiger partial charge is 0.410 e. The first-order valence-electron chi connectivity index (χ1n) is 10.8. The first-order valence-corrected chi connectivity index (χ1v) is 14.0. The fourth-order valence-electron chi connectivity index (χ4n) is 3.16. The Hall–Kier alpha value is -2.92. The number of ketones is 2. The van der Waals surface area contributed by atoms with Gasteiger partial charge in [0.25, 0.3) is 0 Å². The predicted octanol–water partition coefficient (Wildman–Crippen LogP) is 8.55. The molecule has 0 unspecified atom stereocenters. The van der Waals surface area contributed by atoms with E-state index < -0.39 is 11.6 Å². The highest BCUT2D eigenvalue weighted by atomic mass is 79.9. The summed E-state index contributed by atoms with van der Waals surface area (Å²) in [5, 5.41) is 25.0. The van der Waals surface area contributed by atoms with Crippen LogP contribution < -0.4 is 0 Å². The van der Waals surface area contributed by atoms with Crippen LogP contribution in [0.2, 0.25) is 0 Å². The predicted molar refractivity (Wildman–Crippen MR) is 162 cm³/mol. The SMILES string of the molecule is O=C(C(=O)c1ccc(Br)cc1)c1ccc(Br)cc1.ON=C(C(=NO)c1ccc(Br)cc1)c1ccc(Br)cc1. The number of oxime groups is 2. The molecule has 0 aromatic heterocycles. The van der Waals surface area contributed by atoms with E-state index in [4.69, 9.17) is 0 Å². The van der Waals surface area contributed by atoms with Gasteiger partial charge in [-0.05, 0) is 72.8 Å². The van der Waals surface area contributed by atoms with E-state index in [1.54, 1.807) is 72.8 Å². The van der Waals surface area contributed by atoms with Gasteiger partial charge in [-0.2, -0.15) is 0 Å². The van der Waals surface area contributed by atoms with Crippen LogP contribution in [-0.4, -0.2) is 33.4 Å². The number of nitrogens with zero attached hydrogens (tertiary/aromatic N) is 2. The normalized spacial score (nSPS) is 11.4. The zero-order valence-corrected chi connectivity index (χ0v) is 25.7. The Bertz CT molecular complexity index is 1350. The number of hydrogen-bond acceptors (Lipinski definition) is 6. The van der Waals surface area contributed by atoms with Crippen LogP contribution in [0.3, 0.4) is 0 Å². The van der Waals surface area contributed by atoms with Crippen LogP contribution in [-0.2, 0) is 0 Å². The van der Waals surface area contributed by atoms with E-state index in [1.807, 2.05) is 24.3 Å². The Kier molecular flexibility index (Phi) is 11.1. The number of benzene rings is 4. The molecular formula is C28H18Br4N2O4. The van der Waals surface area contributed by atoms with Gasteiger partial charge in [0.1, 0.15) is 11.4 Å². The molecule has 0 heterocycles. The van der Waals surface area contributed by atoms with Crippen molar-refractivity contribution in [2.45, 2.75) is 0 Å². The second kappa shape index (κ2) is 14.3. The topological polar surface area (TPSA) is 99.3 Å². The van der Waals surface area contributed by atoms with Crippen LogP contribution in [0.15, 0.2) is 125 Å². The Morgan fingerprint density at radius 2 is 0.632 bits per heavy atom. The van der Waals surface area contributed by atoms with E-state index in [-0.39, 0.29) is 11.4 Å². The zero-order valence-electron chi connectivity index (χ0n) is 19.4. The van der Waals surface area contributed by atoms with Crippen molar-refractivity contribution in [3.8, 4) is 0 Å². The molecule has 0 saturated carbocycles. The second-order valence-electron chi connectivity index (χ2n) is 7.58. The average molecular weight is 766 g/mol. The molecule has 0 aliphatic carbocycles. The molecular weight excluding hydrogens is 748 g/mol. The standard InChI is InChI=1S/C14H10Br2N2O2.C14H8Br2O2/c15-11-5-1-9(2-6-11)13(17-19)14(18-20)10-3-7-12(16)8-4-10;15-11-5-1-9(2-6-11)13(17)14(18)10-3-7-12(16)8-4-10/h1-8,19-20H;1-8H. The van der Waals surface area contributed by atoms with Crippen molar-refractivity contribution >= 4 is 86.7 Å². The van der Waals surface area contributed by atoms with Gasteiger partial charge < -0.3 is 10.4 Å². The van der Waals surface area contributed by atoms with Gasteiger partial charge in [0, 0.05) is 40.1 Å². The smallest absolute Gasteiger partial charge is 0.233 e. The maximum atomic E-state index is 12.0. The summed E-state index contributed by atoms with van der Waals surface area (Å²) in [7, 11) is 0. The van der Waals surface area contributed by atoms with Gasteiger partial charge in [-0.3, -0.25) is 9.59 Å². The number of halogens is 4. The molecule has 4 rings (SSSR count). The third-order valence-corrected chi connectivity index (χ3v) is 7.19. The molecule has 0 aliphatic heterocycles. The van der Waals surface area contributed by atoms with Crippen molar-refractivity contribution in [1.29, 1.82) is 0 Å². The highest BCUT2D eigenvalue weighted by Crippen LogP contribution is 2.17. The lowest BCUT2D eigenvalue weighted by Gasteiger charge is -2.07. The number of hydrogen-bond donors (Lipinski definition) is 2. The summed E-state index contributed by atoms with van der Waals surface area (Å²) in [6, 6.07) is 27.8. The number of carbonyl (C=O) groups is 2. The average Bonchev–Trinajstić information content (AvgIpc) is 2.93. The van der Waals surface area contributed by atoms with Crippen molar-refractivity contribution in [2.24, 2.45) is 10.3 Å². The lowest BCUT2D eigenvalue weighted by atomic mass is 10.00. The van der Waals surface area contributed by atoms with Crippen molar-refractivity contribution in [3.63, 3.8) is 0 Å². The molecule has 10 heteroatoms.